The summed E-state index contributed by atoms with van der Waals surface area (Å²) in [6.07, 6.45) is 2.97. The summed E-state index contributed by atoms with van der Waals surface area (Å²) in [7, 11) is 1.47. The van der Waals surface area contributed by atoms with Crippen LogP contribution in [0.4, 0.5) is 5.69 Å². The van der Waals surface area contributed by atoms with Gasteiger partial charge in [0.15, 0.2) is 0 Å². The van der Waals surface area contributed by atoms with E-state index < -0.39 is 0 Å². The zero-order valence-corrected chi connectivity index (χ0v) is 11.4. The number of esters is 1. The van der Waals surface area contributed by atoms with Gasteiger partial charge < -0.3 is 10.1 Å². The predicted octanol–water partition coefficient (Wildman–Crippen LogP) is 3.06. The highest BCUT2D eigenvalue weighted by Crippen LogP contribution is 2.42. The summed E-state index contributed by atoms with van der Waals surface area (Å²) in [6.45, 7) is 4.84. The summed E-state index contributed by atoms with van der Waals surface area (Å²) in [4.78, 5) is 11.8. The normalized spacial score (nSPS) is 16.8. The third-order valence-corrected chi connectivity index (χ3v) is 3.93. The first-order valence-electron chi connectivity index (χ1n) is 6.47. The van der Waals surface area contributed by atoms with Crippen molar-refractivity contribution in [1.29, 1.82) is 0 Å². The van der Waals surface area contributed by atoms with Gasteiger partial charge in [-0.05, 0) is 38.3 Å². The number of nitrogens with one attached hydrogen (secondary N) is 1. The van der Waals surface area contributed by atoms with E-state index in [0.29, 0.717) is 6.54 Å². The van der Waals surface area contributed by atoms with E-state index in [9.17, 15) is 4.79 Å². The fourth-order valence-corrected chi connectivity index (χ4v) is 2.55. The maximum Gasteiger partial charge on any atom is 0.313 e. The van der Waals surface area contributed by atoms with Crippen LogP contribution in [0.15, 0.2) is 18.2 Å². The average molecular weight is 247 g/mol. The van der Waals surface area contributed by atoms with Gasteiger partial charge in [0.1, 0.15) is 0 Å². The van der Waals surface area contributed by atoms with Gasteiger partial charge in [0.05, 0.1) is 12.5 Å². The molecule has 0 radical (unpaired) electrons. The highest BCUT2D eigenvalue weighted by atomic mass is 16.5. The average Bonchev–Trinajstić information content (AvgIpc) is 2.29. The smallest absolute Gasteiger partial charge is 0.313 e. The van der Waals surface area contributed by atoms with Crippen LogP contribution in [-0.2, 0) is 9.53 Å². The molecule has 1 fully saturated rings. The van der Waals surface area contributed by atoms with E-state index in [1.165, 1.54) is 18.2 Å². The van der Waals surface area contributed by atoms with Crippen LogP contribution in [0.2, 0.25) is 0 Å². The van der Waals surface area contributed by atoms with Gasteiger partial charge in [-0.2, -0.15) is 0 Å². The lowest BCUT2D eigenvalue weighted by molar-refractivity contribution is -0.157. The molecule has 1 aliphatic carbocycles. The Kier molecular flexibility index (Phi) is 3.60. The lowest BCUT2D eigenvalue weighted by Gasteiger charge is -2.39. The minimum Gasteiger partial charge on any atom is -0.469 e. The second-order valence-corrected chi connectivity index (χ2v) is 5.30. The Hall–Kier alpha value is -1.51. The maximum atomic E-state index is 11.8. The first-order chi connectivity index (χ1) is 8.57. The van der Waals surface area contributed by atoms with Crippen molar-refractivity contribution < 1.29 is 9.53 Å². The number of carbonyl (C=O) groups is 1. The summed E-state index contributed by atoms with van der Waals surface area (Å²) in [5.74, 6) is -0.0778. The third kappa shape index (κ3) is 2.35. The monoisotopic (exact) mass is 247 g/mol. The minimum atomic E-state index is -0.300. The predicted molar refractivity (Wildman–Crippen MR) is 72.7 cm³/mol. The molecule has 2 rings (SSSR count). The standard InChI is InChI=1S/C15H21NO2/c1-11-5-6-13(12(2)9-11)16-10-15(7-4-8-15)14(17)18-3/h5-6,9,16H,4,7-8,10H2,1-3H3. The topological polar surface area (TPSA) is 38.3 Å². The van der Waals surface area contributed by atoms with Crippen molar-refractivity contribution >= 4 is 11.7 Å². The van der Waals surface area contributed by atoms with Crippen LogP contribution in [0.5, 0.6) is 0 Å². The zero-order valence-electron chi connectivity index (χ0n) is 11.4. The van der Waals surface area contributed by atoms with Crippen LogP contribution in [0.25, 0.3) is 0 Å². The molecule has 3 nitrogen and oxygen atoms in total. The summed E-state index contributed by atoms with van der Waals surface area (Å²) < 4.78 is 4.92. The first-order valence-corrected chi connectivity index (χ1v) is 6.47. The Morgan fingerprint density at radius 1 is 1.39 bits per heavy atom. The Morgan fingerprint density at radius 3 is 2.61 bits per heavy atom. The van der Waals surface area contributed by atoms with Crippen molar-refractivity contribution in [3.8, 4) is 0 Å². The molecule has 0 atom stereocenters. The van der Waals surface area contributed by atoms with Gasteiger partial charge in [-0.25, -0.2) is 0 Å². The van der Waals surface area contributed by atoms with Crippen molar-refractivity contribution in [2.45, 2.75) is 33.1 Å². The number of benzene rings is 1. The minimum absolute atomic E-state index is 0.0778. The molecule has 0 unspecified atom stereocenters. The van der Waals surface area contributed by atoms with E-state index in [0.717, 1.165) is 24.9 Å². The Balaban J connectivity index is 2.04. The highest BCUT2D eigenvalue weighted by molar-refractivity contribution is 5.78. The summed E-state index contributed by atoms with van der Waals surface area (Å²) in [6, 6.07) is 6.31. The molecule has 0 spiro atoms. The van der Waals surface area contributed by atoms with E-state index in [-0.39, 0.29) is 11.4 Å². The van der Waals surface area contributed by atoms with Gasteiger partial charge in [0.25, 0.3) is 0 Å². The molecule has 1 aromatic carbocycles. The van der Waals surface area contributed by atoms with E-state index in [4.69, 9.17) is 4.74 Å². The second kappa shape index (κ2) is 5.01. The number of hydrogen-bond donors (Lipinski definition) is 1. The van der Waals surface area contributed by atoms with Crippen LogP contribution in [0.3, 0.4) is 0 Å². The van der Waals surface area contributed by atoms with Crippen LogP contribution >= 0.6 is 0 Å². The molecule has 0 aliphatic heterocycles. The Morgan fingerprint density at radius 2 is 2.11 bits per heavy atom. The molecule has 98 valence electrons. The van der Waals surface area contributed by atoms with Crippen LogP contribution in [0, 0.1) is 19.3 Å². The number of rotatable bonds is 4. The molecule has 1 saturated carbocycles. The van der Waals surface area contributed by atoms with Crippen LogP contribution < -0.4 is 5.32 Å². The van der Waals surface area contributed by atoms with Crippen molar-refractivity contribution in [1.82, 2.24) is 0 Å². The number of hydrogen-bond acceptors (Lipinski definition) is 3. The molecule has 3 heteroatoms. The molecule has 0 heterocycles. The van der Waals surface area contributed by atoms with Crippen molar-refractivity contribution in [3.05, 3.63) is 29.3 Å². The molecule has 0 bridgehead atoms. The number of carbonyl (C=O) groups excluding carboxylic acids is 1. The molecular formula is C15H21NO2. The highest BCUT2D eigenvalue weighted by Gasteiger charge is 2.45. The van der Waals surface area contributed by atoms with Crippen LogP contribution in [0.1, 0.15) is 30.4 Å². The van der Waals surface area contributed by atoms with Crippen molar-refractivity contribution in [3.63, 3.8) is 0 Å². The van der Waals surface area contributed by atoms with Crippen LogP contribution in [-0.4, -0.2) is 19.6 Å². The molecule has 0 saturated heterocycles. The molecule has 0 aromatic heterocycles. The largest absolute Gasteiger partial charge is 0.469 e. The lowest BCUT2D eigenvalue weighted by atomic mass is 9.68. The number of methoxy groups -OCH3 is 1. The number of aryl methyl sites for hydroxylation is 2. The number of anilines is 1. The maximum absolute atomic E-state index is 11.8. The van der Waals surface area contributed by atoms with Gasteiger partial charge in [0, 0.05) is 12.2 Å². The molecule has 1 aromatic rings. The van der Waals surface area contributed by atoms with E-state index >= 15 is 0 Å². The van der Waals surface area contributed by atoms with E-state index in [1.54, 1.807) is 0 Å². The number of ether oxygens (including phenoxy) is 1. The third-order valence-electron chi connectivity index (χ3n) is 3.93. The summed E-state index contributed by atoms with van der Waals surface area (Å²) in [5.41, 5.74) is 3.28. The fourth-order valence-electron chi connectivity index (χ4n) is 2.55. The molecule has 18 heavy (non-hydrogen) atoms. The quantitative estimate of drug-likeness (QED) is 0.831. The van der Waals surface area contributed by atoms with Crippen molar-refractivity contribution in [2.24, 2.45) is 5.41 Å². The SMILES string of the molecule is COC(=O)C1(CNc2ccc(C)cc2C)CCC1. The lowest BCUT2D eigenvalue weighted by Crippen LogP contribution is -2.44. The van der Waals surface area contributed by atoms with Gasteiger partial charge in [-0.3, -0.25) is 4.79 Å². The van der Waals surface area contributed by atoms with E-state index in [2.05, 4.69) is 37.4 Å². The van der Waals surface area contributed by atoms with Gasteiger partial charge in [-0.15, -0.1) is 0 Å². The first kappa shape index (κ1) is 12.9. The second-order valence-electron chi connectivity index (χ2n) is 5.30. The van der Waals surface area contributed by atoms with Crippen molar-refractivity contribution in [2.75, 3.05) is 19.0 Å². The van der Waals surface area contributed by atoms with Gasteiger partial charge >= 0.3 is 5.97 Å². The van der Waals surface area contributed by atoms with E-state index in [1.807, 2.05) is 0 Å². The molecule has 1 aliphatic rings. The molecule has 0 amide bonds. The Bertz CT molecular complexity index is 450. The Labute approximate surface area is 109 Å². The zero-order chi connectivity index (χ0) is 13.2. The summed E-state index contributed by atoms with van der Waals surface area (Å²) in [5, 5.41) is 3.40. The fraction of sp³-hybridized carbons (Fsp3) is 0.533. The molecular weight excluding hydrogens is 226 g/mol. The summed E-state index contributed by atoms with van der Waals surface area (Å²) >= 11 is 0. The van der Waals surface area contributed by atoms with Gasteiger partial charge in [-0.1, -0.05) is 24.1 Å². The molecule has 1 N–H and O–H groups in total. The van der Waals surface area contributed by atoms with Gasteiger partial charge in [0.2, 0.25) is 0 Å².